The standard InChI is InChI=1S/C8H15N3O/c1-3-10-8(12)6-11-7(2)4-5-9/h7,11H,3-4,6H2,1-2H3,(H,10,12). The molecule has 0 aromatic rings. The number of hydrogen-bond acceptors (Lipinski definition) is 3. The topological polar surface area (TPSA) is 64.9 Å². The Morgan fingerprint density at radius 2 is 2.33 bits per heavy atom. The summed E-state index contributed by atoms with van der Waals surface area (Å²) in [6.45, 7) is 4.68. The summed E-state index contributed by atoms with van der Waals surface area (Å²) >= 11 is 0. The van der Waals surface area contributed by atoms with Crippen LogP contribution < -0.4 is 10.6 Å². The number of rotatable bonds is 5. The Bertz CT molecular complexity index is 174. The van der Waals surface area contributed by atoms with E-state index in [0.29, 0.717) is 13.0 Å². The summed E-state index contributed by atoms with van der Waals surface area (Å²) in [5.74, 6) is -0.0257. The second-order valence-corrected chi connectivity index (χ2v) is 2.60. The molecule has 0 spiro atoms. The lowest BCUT2D eigenvalue weighted by molar-refractivity contribution is -0.120. The molecule has 0 rings (SSSR count). The highest BCUT2D eigenvalue weighted by Crippen LogP contribution is 1.85. The van der Waals surface area contributed by atoms with Gasteiger partial charge in [0.1, 0.15) is 0 Å². The average molecular weight is 169 g/mol. The molecule has 0 radical (unpaired) electrons. The van der Waals surface area contributed by atoms with E-state index < -0.39 is 0 Å². The van der Waals surface area contributed by atoms with Crippen LogP contribution in [0.4, 0.5) is 0 Å². The second kappa shape index (κ2) is 6.62. The number of carbonyl (C=O) groups is 1. The van der Waals surface area contributed by atoms with Gasteiger partial charge in [-0.25, -0.2) is 0 Å². The molecule has 0 aliphatic rings. The SMILES string of the molecule is CCNC(=O)CNC(C)CC#N. The van der Waals surface area contributed by atoms with Crippen molar-refractivity contribution in [1.82, 2.24) is 10.6 Å². The Hall–Kier alpha value is -1.08. The maximum absolute atomic E-state index is 10.9. The number of hydrogen-bond donors (Lipinski definition) is 2. The van der Waals surface area contributed by atoms with Gasteiger partial charge in [-0.2, -0.15) is 5.26 Å². The Balaban J connectivity index is 3.41. The highest BCUT2D eigenvalue weighted by Gasteiger charge is 2.02. The van der Waals surface area contributed by atoms with E-state index in [2.05, 4.69) is 10.6 Å². The zero-order valence-corrected chi connectivity index (χ0v) is 7.55. The molecule has 0 saturated heterocycles. The number of amides is 1. The normalized spacial score (nSPS) is 11.8. The van der Waals surface area contributed by atoms with Gasteiger partial charge in [-0.3, -0.25) is 4.79 Å². The third-order valence-electron chi connectivity index (χ3n) is 1.38. The maximum atomic E-state index is 10.9. The molecule has 0 saturated carbocycles. The molecule has 1 unspecified atom stereocenters. The van der Waals surface area contributed by atoms with Crippen LogP contribution in [-0.4, -0.2) is 25.0 Å². The number of nitrogens with zero attached hydrogens (tertiary/aromatic N) is 1. The smallest absolute Gasteiger partial charge is 0.233 e. The van der Waals surface area contributed by atoms with E-state index in [4.69, 9.17) is 5.26 Å². The third kappa shape index (κ3) is 5.69. The molecule has 0 bridgehead atoms. The Morgan fingerprint density at radius 1 is 1.67 bits per heavy atom. The van der Waals surface area contributed by atoms with Gasteiger partial charge in [0.2, 0.25) is 5.91 Å². The van der Waals surface area contributed by atoms with Crippen molar-refractivity contribution in [2.75, 3.05) is 13.1 Å². The van der Waals surface area contributed by atoms with Gasteiger partial charge >= 0.3 is 0 Å². The minimum Gasteiger partial charge on any atom is -0.355 e. The van der Waals surface area contributed by atoms with Crippen molar-refractivity contribution in [2.24, 2.45) is 0 Å². The number of carbonyl (C=O) groups excluding carboxylic acids is 1. The van der Waals surface area contributed by atoms with Crippen molar-refractivity contribution in [3.05, 3.63) is 0 Å². The van der Waals surface area contributed by atoms with Crippen molar-refractivity contribution in [3.8, 4) is 6.07 Å². The van der Waals surface area contributed by atoms with Gasteiger partial charge < -0.3 is 10.6 Å². The highest BCUT2D eigenvalue weighted by atomic mass is 16.1. The molecule has 0 heterocycles. The zero-order valence-electron chi connectivity index (χ0n) is 7.55. The molecule has 0 fully saturated rings. The van der Waals surface area contributed by atoms with Crippen LogP contribution in [0.15, 0.2) is 0 Å². The van der Waals surface area contributed by atoms with Gasteiger partial charge in [-0.05, 0) is 13.8 Å². The summed E-state index contributed by atoms with van der Waals surface area (Å²) in [5.41, 5.74) is 0. The molecule has 4 nitrogen and oxygen atoms in total. The Labute approximate surface area is 72.9 Å². The van der Waals surface area contributed by atoms with Crippen LogP contribution in [0.2, 0.25) is 0 Å². The summed E-state index contributed by atoms with van der Waals surface area (Å²) < 4.78 is 0. The fourth-order valence-electron chi connectivity index (χ4n) is 0.736. The molecular weight excluding hydrogens is 154 g/mol. The van der Waals surface area contributed by atoms with Crippen LogP contribution in [0, 0.1) is 11.3 Å². The Kier molecular flexibility index (Phi) is 6.02. The molecule has 12 heavy (non-hydrogen) atoms. The first kappa shape index (κ1) is 10.9. The fourth-order valence-corrected chi connectivity index (χ4v) is 0.736. The zero-order chi connectivity index (χ0) is 9.40. The molecular formula is C8H15N3O. The van der Waals surface area contributed by atoms with E-state index in [-0.39, 0.29) is 18.5 Å². The van der Waals surface area contributed by atoms with Gasteiger partial charge in [0.25, 0.3) is 0 Å². The molecule has 0 aliphatic heterocycles. The summed E-state index contributed by atoms with van der Waals surface area (Å²) in [7, 11) is 0. The molecule has 0 aromatic carbocycles. The number of nitrogens with one attached hydrogen (secondary N) is 2. The summed E-state index contributed by atoms with van der Waals surface area (Å²) in [6.07, 6.45) is 0.430. The van der Waals surface area contributed by atoms with Gasteiger partial charge in [-0.1, -0.05) is 0 Å². The van der Waals surface area contributed by atoms with Crippen LogP contribution in [0.3, 0.4) is 0 Å². The largest absolute Gasteiger partial charge is 0.355 e. The predicted octanol–water partition coefficient (Wildman–Crippen LogP) is 0.0143. The molecule has 0 aromatic heterocycles. The molecule has 0 aliphatic carbocycles. The quantitative estimate of drug-likeness (QED) is 0.609. The lowest BCUT2D eigenvalue weighted by Gasteiger charge is -2.08. The van der Waals surface area contributed by atoms with Gasteiger partial charge in [0.05, 0.1) is 19.0 Å². The van der Waals surface area contributed by atoms with Crippen LogP contribution in [0.5, 0.6) is 0 Å². The molecule has 1 atom stereocenters. The summed E-state index contributed by atoms with van der Waals surface area (Å²) in [6, 6.07) is 2.11. The van der Waals surface area contributed by atoms with E-state index in [1.807, 2.05) is 19.9 Å². The van der Waals surface area contributed by atoms with E-state index in [9.17, 15) is 4.79 Å². The fraction of sp³-hybridized carbons (Fsp3) is 0.750. The van der Waals surface area contributed by atoms with Crippen LogP contribution in [-0.2, 0) is 4.79 Å². The third-order valence-corrected chi connectivity index (χ3v) is 1.38. The molecule has 1 amide bonds. The van der Waals surface area contributed by atoms with Crippen molar-refractivity contribution in [2.45, 2.75) is 26.3 Å². The van der Waals surface area contributed by atoms with Crippen molar-refractivity contribution in [1.29, 1.82) is 5.26 Å². The predicted molar refractivity (Wildman–Crippen MR) is 46.4 cm³/mol. The van der Waals surface area contributed by atoms with Crippen molar-refractivity contribution in [3.63, 3.8) is 0 Å². The van der Waals surface area contributed by atoms with Gasteiger partial charge in [-0.15, -0.1) is 0 Å². The monoisotopic (exact) mass is 169 g/mol. The first-order valence-corrected chi connectivity index (χ1v) is 4.07. The average Bonchev–Trinajstić information content (AvgIpc) is 2.02. The van der Waals surface area contributed by atoms with Crippen LogP contribution in [0.1, 0.15) is 20.3 Å². The Morgan fingerprint density at radius 3 is 2.83 bits per heavy atom. The second-order valence-electron chi connectivity index (χ2n) is 2.60. The van der Waals surface area contributed by atoms with Gasteiger partial charge in [0.15, 0.2) is 0 Å². The lowest BCUT2D eigenvalue weighted by atomic mass is 10.2. The highest BCUT2D eigenvalue weighted by molar-refractivity contribution is 5.77. The molecule has 2 N–H and O–H groups in total. The minimum atomic E-state index is -0.0257. The lowest BCUT2D eigenvalue weighted by Crippen LogP contribution is -2.37. The maximum Gasteiger partial charge on any atom is 0.233 e. The minimum absolute atomic E-state index is 0.0257. The summed E-state index contributed by atoms with van der Waals surface area (Å²) in [4.78, 5) is 10.9. The van der Waals surface area contributed by atoms with E-state index >= 15 is 0 Å². The van der Waals surface area contributed by atoms with E-state index in [1.165, 1.54) is 0 Å². The number of likely N-dealkylation sites (N-methyl/N-ethyl adjacent to an activating group) is 1. The van der Waals surface area contributed by atoms with Gasteiger partial charge in [0, 0.05) is 12.6 Å². The molecule has 4 heteroatoms. The van der Waals surface area contributed by atoms with E-state index in [0.717, 1.165) is 0 Å². The van der Waals surface area contributed by atoms with E-state index in [1.54, 1.807) is 0 Å². The van der Waals surface area contributed by atoms with Crippen LogP contribution >= 0.6 is 0 Å². The van der Waals surface area contributed by atoms with Crippen LogP contribution in [0.25, 0.3) is 0 Å². The van der Waals surface area contributed by atoms with Crippen molar-refractivity contribution < 1.29 is 4.79 Å². The first-order chi connectivity index (χ1) is 5.70. The summed E-state index contributed by atoms with van der Waals surface area (Å²) in [5, 5.41) is 13.9. The van der Waals surface area contributed by atoms with Crippen molar-refractivity contribution >= 4 is 5.91 Å². The molecule has 68 valence electrons. The number of nitriles is 1. The first-order valence-electron chi connectivity index (χ1n) is 4.07.